The number of phenols is 2. The quantitative estimate of drug-likeness (QED) is 0.140. The van der Waals surface area contributed by atoms with Gasteiger partial charge in [0, 0.05) is 12.5 Å². The van der Waals surface area contributed by atoms with Crippen molar-refractivity contribution in [3.05, 3.63) is 65.2 Å². The van der Waals surface area contributed by atoms with Crippen LogP contribution in [0.15, 0.2) is 48.5 Å². The van der Waals surface area contributed by atoms with Crippen LogP contribution in [0.5, 0.6) is 40.2 Å². The van der Waals surface area contributed by atoms with Gasteiger partial charge in [-0.1, -0.05) is 12.1 Å². The molecule has 6 N–H and O–H groups in total. The molecular formula is C35H42O15. The number of phenolic OH excluding ortho intramolecular Hbond substituents is 2. The number of carbonyl (C=O) groups is 1. The van der Waals surface area contributed by atoms with Crippen molar-refractivity contribution in [1.82, 2.24) is 0 Å². The van der Waals surface area contributed by atoms with E-state index in [9.17, 15) is 35.4 Å². The number of carbonyl (C=O) groups excluding carboxylic acids is 1. The normalized spacial score (nSPS) is 26.2. The first-order chi connectivity index (χ1) is 24.0. The molecule has 0 aliphatic carbocycles. The fraction of sp³-hybridized carbons (Fsp3) is 0.457. The molecular weight excluding hydrogens is 660 g/mol. The van der Waals surface area contributed by atoms with Gasteiger partial charge in [-0.2, -0.15) is 0 Å². The Kier molecular flexibility index (Phi) is 11.8. The highest BCUT2D eigenvalue weighted by molar-refractivity contribution is 5.91. The second-order valence-electron chi connectivity index (χ2n) is 11.9. The summed E-state index contributed by atoms with van der Waals surface area (Å²) in [5.74, 6) is -0.769. The van der Waals surface area contributed by atoms with Crippen molar-refractivity contribution >= 4 is 5.97 Å². The van der Waals surface area contributed by atoms with Gasteiger partial charge >= 0.3 is 5.97 Å². The molecule has 0 amide bonds. The van der Waals surface area contributed by atoms with Crippen LogP contribution in [0, 0.1) is 11.8 Å². The molecule has 0 saturated carbocycles. The Hall–Kier alpha value is -4.51. The van der Waals surface area contributed by atoms with Gasteiger partial charge in [0.2, 0.25) is 12.0 Å². The highest BCUT2D eigenvalue weighted by Crippen LogP contribution is 2.43. The van der Waals surface area contributed by atoms with Gasteiger partial charge in [0.25, 0.3) is 0 Å². The summed E-state index contributed by atoms with van der Waals surface area (Å²) < 4.78 is 44.0. The van der Waals surface area contributed by atoms with Crippen molar-refractivity contribution in [1.29, 1.82) is 0 Å². The summed E-state index contributed by atoms with van der Waals surface area (Å²) in [6.45, 7) is -0.306. The topological polar surface area (TPSA) is 212 Å². The molecule has 0 aromatic heterocycles. The third-order valence-corrected chi connectivity index (χ3v) is 8.96. The number of methoxy groups -OCH3 is 4. The predicted octanol–water partition coefficient (Wildman–Crippen LogP) is 1.71. The van der Waals surface area contributed by atoms with E-state index in [0.29, 0.717) is 24.3 Å². The maximum absolute atomic E-state index is 12.8. The standard InChI is InChI=1S/C35H42O15/c1-43-24-10-17(5-7-22(24)37)9-20-15-47-33(21(20)14-36)18-6-8-23(25(11-18)44-2)49-35-32(41)31(40)30(39)28(50-35)16-48-34(42)19-12-26(45-3)29(38)27(13-19)46-4/h5-8,10-13,20-21,28,30-33,35-41H,9,14-16H2,1-4H3/t20-,21-,28+,30+,31-,32+,33+,35+/m0/s1. The summed E-state index contributed by atoms with van der Waals surface area (Å²) in [6, 6.07) is 12.6. The number of aliphatic hydroxyl groups is 4. The molecule has 2 aliphatic heterocycles. The molecule has 50 heavy (non-hydrogen) atoms. The van der Waals surface area contributed by atoms with E-state index < -0.39 is 49.4 Å². The molecule has 5 rings (SSSR count). The first-order valence-corrected chi connectivity index (χ1v) is 15.8. The Bertz CT molecular complexity index is 1600. The Morgan fingerprint density at radius 3 is 2.12 bits per heavy atom. The molecule has 15 heteroatoms. The Labute approximate surface area is 288 Å². The number of aromatic hydroxyl groups is 2. The number of aliphatic hydroxyl groups excluding tert-OH is 4. The minimum Gasteiger partial charge on any atom is -0.504 e. The maximum Gasteiger partial charge on any atom is 0.338 e. The average molecular weight is 703 g/mol. The number of rotatable bonds is 13. The second kappa shape index (κ2) is 16.0. The first-order valence-electron chi connectivity index (χ1n) is 15.8. The van der Waals surface area contributed by atoms with Crippen LogP contribution < -0.4 is 23.7 Å². The van der Waals surface area contributed by atoms with Crippen molar-refractivity contribution in [3.8, 4) is 40.2 Å². The van der Waals surface area contributed by atoms with Gasteiger partial charge in [0.1, 0.15) is 31.0 Å². The minimum atomic E-state index is -1.72. The van der Waals surface area contributed by atoms with E-state index in [0.717, 1.165) is 5.56 Å². The number of esters is 1. The lowest BCUT2D eigenvalue weighted by Gasteiger charge is -2.40. The molecule has 0 unspecified atom stereocenters. The van der Waals surface area contributed by atoms with Crippen LogP contribution >= 0.6 is 0 Å². The van der Waals surface area contributed by atoms with E-state index in [-0.39, 0.29) is 58.5 Å². The van der Waals surface area contributed by atoms with E-state index in [4.69, 9.17) is 37.9 Å². The zero-order valence-electron chi connectivity index (χ0n) is 27.9. The zero-order chi connectivity index (χ0) is 36.1. The molecule has 0 bridgehead atoms. The number of hydrogen-bond acceptors (Lipinski definition) is 15. The Morgan fingerprint density at radius 1 is 0.800 bits per heavy atom. The predicted molar refractivity (Wildman–Crippen MR) is 173 cm³/mol. The molecule has 8 atom stereocenters. The van der Waals surface area contributed by atoms with E-state index >= 15 is 0 Å². The maximum atomic E-state index is 12.8. The smallest absolute Gasteiger partial charge is 0.338 e. The number of benzene rings is 3. The molecule has 272 valence electrons. The first kappa shape index (κ1) is 36.8. The second-order valence-corrected chi connectivity index (χ2v) is 11.9. The molecule has 3 aromatic carbocycles. The van der Waals surface area contributed by atoms with Gasteiger partial charge in [-0.05, 0) is 59.9 Å². The molecule has 3 aromatic rings. The average Bonchev–Trinajstić information content (AvgIpc) is 3.54. The van der Waals surface area contributed by atoms with Gasteiger partial charge in [0.15, 0.2) is 34.5 Å². The number of hydrogen-bond donors (Lipinski definition) is 6. The van der Waals surface area contributed by atoms with Gasteiger partial charge in [0.05, 0.1) is 46.7 Å². The summed E-state index contributed by atoms with van der Waals surface area (Å²) in [5.41, 5.74) is 1.59. The SMILES string of the molecule is COc1cc(C[C@H]2CO[C@H](c3ccc(O[C@@H]4O[C@H](COC(=O)c5cc(OC)c(O)c(OC)c5)[C@@H](O)[C@H](O)[C@H]4O)c(OC)c3)[C@H]2CO)ccc1O. The van der Waals surface area contributed by atoms with Gasteiger partial charge in [-0.15, -0.1) is 0 Å². The minimum absolute atomic E-state index is 0.0263. The molecule has 2 saturated heterocycles. The summed E-state index contributed by atoms with van der Waals surface area (Å²) >= 11 is 0. The van der Waals surface area contributed by atoms with Gasteiger partial charge in [-0.25, -0.2) is 4.79 Å². The molecule has 0 radical (unpaired) electrons. The van der Waals surface area contributed by atoms with Crippen molar-refractivity contribution in [3.63, 3.8) is 0 Å². The van der Waals surface area contributed by atoms with Gasteiger partial charge < -0.3 is 68.5 Å². The molecule has 2 fully saturated rings. The van der Waals surface area contributed by atoms with E-state index in [1.165, 1.54) is 40.6 Å². The third-order valence-electron chi connectivity index (χ3n) is 8.96. The van der Waals surface area contributed by atoms with E-state index in [2.05, 4.69) is 0 Å². The monoisotopic (exact) mass is 702 g/mol. The Balaban J connectivity index is 1.26. The molecule has 0 spiro atoms. The Morgan fingerprint density at radius 2 is 1.48 bits per heavy atom. The number of ether oxygens (including phenoxy) is 8. The lowest BCUT2D eigenvalue weighted by atomic mass is 9.84. The van der Waals surface area contributed by atoms with Crippen LogP contribution in [0.1, 0.15) is 27.6 Å². The molecule has 2 heterocycles. The van der Waals surface area contributed by atoms with Crippen LogP contribution in [0.25, 0.3) is 0 Å². The zero-order valence-corrected chi connectivity index (χ0v) is 27.9. The highest BCUT2D eigenvalue weighted by Gasteiger charge is 2.46. The summed E-state index contributed by atoms with van der Waals surface area (Å²) in [6.07, 6.45) is -7.77. The summed E-state index contributed by atoms with van der Waals surface area (Å²) in [5, 5.41) is 62.3. The lowest BCUT2D eigenvalue weighted by Crippen LogP contribution is -2.60. The highest BCUT2D eigenvalue weighted by atomic mass is 16.7. The van der Waals surface area contributed by atoms with Crippen molar-refractivity contribution in [2.45, 2.75) is 43.2 Å². The van der Waals surface area contributed by atoms with E-state index in [1.807, 2.05) is 0 Å². The third kappa shape index (κ3) is 7.62. The van der Waals surface area contributed by atoms with Crippen molar-refractivity contribution < 1.29 is 73.3 Å². The van der Waals surface area contributed by atoms with Crippen LogP contribution in [0.4, 0.5) is 0 Å². The largest absolute Gasteiger partial charge is 0.504 e. The fourth-order valence-corrected chi connectivity index (χ4v) is 6.16. The van der Waals surface area contributed by atoms with Crippen LogP contribution in [-0.2, 0) is 20.6 Å². The van der Waals surface area contributed by atoms with Crippen LogP contribution in [-0.4, -0.2) is 116 Å². The molecule has 2 aliphatic rings. The molecule has 15 nitrogen and oxygen atoms in total. The van der Waals surface area contributed by atoms with Crippen LogP contribution in [0.3, 0.4) is 0 Å². The fourth-order valence-electron chi connectivity index (χ4n) is 6.16. The summed E-state index contributed by atoms with van der Waals surface area (Å²) in [7, 11) is 5.49. The van der Waals surface area contributed by atoms with E-state index in [1.54, 1.807) is 36.4 Å². The van der Waals surface area contributed by atoms with Crippen molar-refractivity contribution in [2.75, 3.05) is 48.3 Å². The van der Waals surface area contributed by atoms with Crippen LogP contribution in [0.2, 0.25) is 0 Å². The van der Waals surface area contributed by atoms with Gasteiger partial charge in [-0.3, -0.25) is 0 Å². The summed E-state index contributed by atoms with van der Waals surface area (Å²) in [4.78, 5) is 12.8. The lowest BCUT2D eigenvalue weighted by molar-refractivity contribution is -0.277. The van der Waals surface area contributed by atoms with Crippen molar-refractivity contribution in [2.24, 2.45) is 11.8 Å².